The fraction of sp³-hybridized carbons (Fsp3) is 0.235. The molecular weight excluding hydrogens is 356 g/mol. The summed E-state index contributed by atoms with van der Waals surface area (Å²) in [5.74, 6) is 1.43. The van der Waals surface area contributed by atoms with E-state index in [0.717, 1.165) is 23.1 Å². The summed E-state index contributed by atoms with van der Waals surface area (Å²) in [6.45, 7) is 2.01. The molecule has 2 aromatic rings. The average molecular weight is 372 g/mol. The minimum absolute atomic E-state index is 0.0908. The lowest BCUT2D eigenvalue weighted by Gasteiger charge is -2.05. The van der Waals surface area contributed by atoms with Crippen LogP contribution in [0.15, 0.2) is 41.5 Å². The van der Waals surface area contributed by atoms with Crippen molar-refractivity contribution in [2.45, 2.75) is 19.8 Å². The Morgan fingerprint density at radius 3 is 2.63 bits per heavy atom. The molecule has 10 nitrogen and oxygen atoms in total. The maximum absolute atomic E-state index is 11.1. The Balaban J connectivity index is 1.65. The van der Waals surface area contributed by atoms with Crippen LogP contribution < -0.4 is 14.9 Å². The van der Waals surface area contributed by atoms with E-state index >= 15 is 0 Å². The van der Waals surface area contributed by atoms with Crippen LogP contribution in [0.1, 0.15) is 18.9 Å². The Bertz CT molecular complexity index is 928. The zero-order valence-electron chi connectivity index (χ0n) is 14.4. The van der Waals surface area contributed by atoms with Crippen molar-refractivity contribution in [3.63, 3.8) is 0 Å². The first-order valence-electron chi connectivity index (χ1n) is 8.04. The SMILES string of the molecule is C/C(CCc1ccc2c(c1)OCO2)=N\Nc1ccc([N+](=O)[O-])cc1[N+](=O)[O-]. The van der Waals surface area contributed by atoms with Crippen molar-refractivity contribution in [1.82, 2.24) is 0 Å². The van der Waals surface area contributed by atoms with E-state index in [1.165, 1.54) is 12.1 Å². The van der Waals surface area contributed by atoms with Crippen LogP contribution in [-0.2, 0) is 6.42 Å². The minimum Gasteiger partial charge on any atom is -0.454 e. The quantitative estimate of drug-likeness (QED) is 0.446. The van der Waals surface area contributed by atoms with Gasteiger partial charge in [0.05, 0.1) is 15.9 Å². The minimum atomic E-state index is -0.688. The highest BCUT2D eigenvalue weighted by atomic mass is 16.7. The normalized spacial score (nSPS) is 12.7. The van der Waals surface area contributed by atoms with Crippen molar-refractivity contribution in [1.29, 1.82) is 0 Å². The lowest BCUT2D eigenvalue weighted by atomic mass is 10.1. The Kier molecular flexibility index (Phi) is 5.15. The number of anilines is 1. The molecular formula is C17H16N4O6. The number of nitro groups is 2. The van der Waals surface area contributed by atoms with Crippen molar-refractivity contribution < 1.29 is 19.3 Å². The third kappa shape index (κ3) is 4.29. The largest absolute Gasteiger partial charge is 0.454 e. The fourth-order valence-electron chi connectivity index (χ4n) is 2.51. The van der Waals surface area contributed by atoms with Crippen LogP contribution in [-0.4, -0.2) is 22.4 Å². The molecule has 0 saturated heterocycles. The van der Waals surface area contributed by atoms with Gasteiger partial charge < -0.3 is 9.47 Å². The fourth-order valence-corrected chi connectivity index (χ4v) is 2.51. The molecule has 0 atom stereocenters. The van der Waals surface area contributed by atoms with Crippen LogP contribution in [0.5, 0.6) is 11.5 Å². The molecule has 0 fully saturated rings. The van der Waals surface area contributed by atoms with E-state index in [-0.39, 0.29) is 18.2 Å². The van der Waals surface area contributed by atoms with Gasteiger partial charge >= 0.3 is 5.69 Å². The Hall–Kier alpha value is -3.69. The van der Waals surface area contributed by atoms with E-state index < -0.39 is 15.5 Å². The molecule has 10 heteroatoms. The summed E-state index contributed by atoms with van der Waals surface area (Å²) in [6.07, 6.45) is 1.32. The predicted molar refractivity (Wildman–Crippen MR) is 97.4 cm³/mol. The summed E-state index contributed by atoms with van der Waals surface area (Å²) in [6, 6.07) is 9.06. The highest BCUT2D eigenvalue weighted by Gasteiger charge is 2.19. The van der Waals surface area contributed by atoms with E-state index in [9.17, 15) is 20.2 Å². The summed E-state index contributed by atoms with van der Waals surface area (Å²) < 4.78 is 10.6. The molecule has 0 spiro atoms. The molecule has 1 N–H and O–H groups in total. The Morgan fingerprint density at radius 1 is 1.11 bits per heavy atom. The van der Waals surface area contributed by atoms with Gasteiger partial charge in [-0.05, 0) is 43.5 Å². The number of aryl methyl sites for hydroxylation is 1. The van der Waals surface area contributed by atoms with Crippen LogP contribution in [0.25, 0.3) is 0 Å². The summed E-state index contributed by atoms with van der Waals surface area (Å²) in [4.78, 5) is 20.5. The van der Waals surface area contributed by atoms with Crippen molar-refractivity contribution in [2.75, 3.05) is 12.2 Å². The summed E-state index contributed by atoms with van der Waals surface area (Å²) in [7, 11) is 0. The van der Waals surface area contributed by atoms with Crippen molar-refractivity contribution in [3.05, 3.63) is 62.2 Å². The first-order valence-corrected chi connectivity index (χ1v) is 8.04. The van der Waals surface area contributed by atoms with Gasteiger partial charge in [-0.25, -0.2) is 0 Å². The molecule has 3 rings (SSSR count). The molecule has 0 bridgehead atoms. The zero-order chi connectivity index (χ0) is 19.4. The second-order valence-electron chi connectivity index (χ2n) is 5.86. The van der Waals surface area contributed by atoms with E-state index in [4.69, 9.17) is 9.47 Å². The van der Waals surface area contributed by atoms with Gasteiger partial charge in [0.1, 0.15) is 5.69 Å². The lowest BCUT2D eigenvalue weighted by Crippen LogP contribution is -2.02. The number of nitro benzene ring substituents is 2. The second kappa shape index (κ2) is 7.68. The molecule has 0 saturated carbocycles. The van der Waals surface area contributed by atoms with Crippen molar-refractivity contribution >= 4 is 22.8 Å². The first kappa shape index (κ1) is 18.1. The van der Waals surface area contributed by atoms with Gasteiger partial charge in [0.2, 0.25) is 6.79 Å². The molecule has 1 aliphatic heterocycles. The molecule has 27 heavy (non-hydrogen) atoms. The third-order valence-corrected chi connectivity index (χ3v) is 3.97. The molecule has 140 valence electrons. The maximum Gasteiger partial charge on any atom is 0.301 e. The van der Waals surface area contributed by atoms with Crippen LogP contribution in [0, 0.1) is 20.2 Å². The van der Waals surface area contributed by atoms with Crippen LogP contribution in [0.2, 0.25) is 0 Å². The Morgan fingerprint density at radius 2 is 1.89 bits per heavy atom. The van der Waals surface area contributed by atoms with Crippen LogP contribution in [0.3, 0.4) is 0 Å². The van der Waals surface area contributed by atoms with E-state index in [1.807, 2.05) is 18.2 Å². The van der Waals surface area contributed by atoms with Crippen LogP contribution >= 0.6 is 0 Å². The van der Waals surface area contributed by atoms with Gasteiger partial charge in [-0.3, -0.25) is 25.7 Å². The highest BCUT2D eigenvalue weighted by molar-refractivity contribution is 5.83. The summed E-state index contributed by atoms with van der Waals surface area (Å²) in [5.41, 5.74) is 3.72. The van der Waals surface area contributed by atoms with Gasteiger partial charge in [0, 0.05) is 11.8 Å². The zero-order valence-corrected chi connectivity index (χ0v) is 14.4. The number of rotatable bonds is 7. The number of non-ortho nitro benzene ring substituents is 1. The maximum atomic E-state index is 11.1. The summed E-state index contributed by atoms with van der Waals surface area (Å²) in [5, 5.41) is 26.0. The first-order chi connectivity index (χ1) is 12.9. The number of fused-ring (bicyclic) bond motifs is 1. The van der Waals surface area contributed by atoms with Gasteiger partial charge in [-0.1, -0.05) is 6.07 Å². The molecule has 0 unspecified atom stereocenters. The Labute approximate surface area is 153 Å². The third-order valence-electron chi connectivity index (χ3n) is 3.97. The predicted octanol–water partition coefficient (Wildman–Crippen LogP) is 3.65. The molecule has 2 aromatic carbocycles. The number of hydrazone groups is 1. The van der Waals surface area contributed by atoms with Gasteiger partial charge in [0.25, 0.3) is 5.69 Å². The van der Waals surface area contributed by atoms with Gasteiger partial charge in [0.15, 0.2) is 11.5 Å². The van der Waals surface area contributed by atoms with Crippen LogP contribution in [0.4, 0.5) is 17.1 Å². The lowest BCUT2D eigenvalue weighted by molar-refractivity contribution is -0.393. The number of nitrogens with one attached hydrogen (secondary N) is 1. The number of hydrogen-bond donors (Lipinski definition) is 1. The van der Waals surface area contributed by atoms with Crippen molar-refractivity contribution in [2.24, 2.45) is 5.10 Å². The molecule has 0 radical (unpaired) electrons. The number of hydrogen-bond acceptors (Lipinski definition) is 8. The molecule has 1 heterocycles. The number of nitrogens with zero attached hydrogens (tertiary/aromatic N) is 3. The van der Waals surface area contributed by atoms with E-state index in [2.05, 4.69) is 10.5 Å². The molecule has 0 aliphatic carbocycles. The average Bonchev–Trinajstić information content (AvgIpc) is 3.12. The second-order valence-corrected chi connectivity index (χ2v) is 5.86. The number of ether oxygens (including phenoxy) is 2. The van der Waals surface area contributed by atoms with Crippen molar-refractivity contribution in [3.8, 4) is 11.5 Å². The molecule has 1 aliphatic rings. The van der Waals surface area contributed by atoms with Gasteiger partial charge in [-0.15, -0.1) is 0 Å². The monoisotopic (exact) mass is 372 g/mol. The molecule has 0 aromatic heterocycles. The van der Waals surface area contributed by atoms with Gasteiger partial charge in [-0.2, -0.15) is 5.10 Å². The highest BCUT2D eigenvalue weighted by Crippen LogP contribution is 2.33. The standard InChI is InChI=1S/C17H16N4O6/c1-11(2-3-12-4-7-16-17(8-12)27-10-26-16)18-19-14-6-5-13(20(22)23)9-15(14)21(24)25/h4-9,19H,2-3,10H2,1H3/b18-11+. The smallest absolute Gasteiger partial charge is 0.301 e. The number of benzene rings is 2. The molecule has 0 amide bonds. The topological polar surface area (TPSA) is 129 Å². The van der Waals surface area contributed by atoms with E-state index in [0.29, 0.717) is 18.6 Å². The van der Waals surface area contributed by atoms with E-state index in [1.54, 1.807) is 6.92 Å². The summed E-state index contributed by atoms with van der Waals surface area (Å²) >= 11 is 0.